The Morgan fingerprint density at radius 2 is 2.00 bits per heavy atom. The number of hydrogen-bond donors (Lipinski definition) is 0. The first-order valence-corrected chi connectivity index (χ1v) is 7.76. The molecule has 0 aliphatic heterocycles. The number of fused-ring (bicyclic) bond motifs is 1. The van der Waals surface area contributed by atoms with Crippen LogP contribution in [-0.4, -0.2) is 0 Å². The molecule has 0 saturated heterocycles. The first-order chi connectivity index (χ1) is 7.18. The summed E-state index contributed by atoms with van der Waals surface area (Å²) in [7, 11) is 0. The molecule has 2 aliphatic rings. The second-order valence-electron chi connectivity index (χ2n) is 4.52. The van der Waals surface area contributed by atoms with Gasteiger partial charge < -0.3 is 0 Å². The van der Waals surface area contributed by atoms with Crippen molar-refractivity contribution in [2.24, 2.45) is 17.8 Å². The molecule has 0 bridgehead atoms. The van der Waals surface area contributed by atoms with Crippen molar-refractivity contribution in [1.29, 1.82) is 0 Å². The summed E-state index contributed by atoms with van der Waals surface area (Å²) in [4.78, 5) is 0.420. The Balaban J connectivity index is 1.80. The van der Waals surface area contributed by atoms with Gasteiger partial charge in [0.2, 0.25) is 0 Å². The average molecular weight is 326 g/mol. The minimum absolute atomic E-state index is 0.420. The third-order valence-electron chi connectivity index (χ3n) is 3.79. The molecular weight excluding hydrogens is 315 g/mol. The van der Waals surface area contributed by atoms with Gasteiger partial charge in [0.25, 0.3) is 0 Å². The summed E-state index contributed by atoms with van der Waals surface area (Å²) in [6, 6.07) is 2.02. The van der Waals surface area contributed by atoms with E-state index >= 15 is 0 Å². The first kappa shape index (κ1) is 10.9. The zero-order valence-electron chi connectivity index (χ0n) is 8.05. The molecule has 15 heavy (non-hydrogen) atoms. The van der Waals surface area contributed by atoms with Crippen molar-refractivity contribution >= 4 is 50.5 Å². The minimum atomic E-state index is 0.420. The van der Waals surface area contributed by atoms with Crippen LogP contribution in [0.1, 0.15) is 29.7 Å². The Morgan fingerprint density at radius 1 is 1.33 bits per heavy atom. The average Bonchev–Trinajstić information content (AvgIpc) is 2.58. The van der Waals surface area contributed by atoms with Crippen molar-refractivity contribution in [3.8, 4) is 0 Å². The van der Waals surface area contributed by atoms with Gasteiger partial charge >= 0.3 is 0 Å². The van der Waals surface area contributed by atoms with E-state index in [9.17, 15) is 0 Å². The van der Waals surface area contributed by atoms with Crippen LogP contribution in [0.4, 0.5) is 0 Å². The number of halogens is 3. The van der Waals surface area contributed by atoms with E-state index in [2.05, 4.69) is 15.9 Å². The third-order valence-corrected chi connectivity index (χ3v) is 6.41. The molecule has 1 aromatic rings. The molecule has 2 saturated carbocycles. The van der Waals surface area contributed by atoms with Gasteiger partial charge in [0.1, 0.15) is 0 Å². The number of thiophene rings is 1. The molecule has 3 unspecified atom stereocenters. The predicted octanol–water partition coefficient (Wildman–Crippen LogP) is 5.54. The maximum absolute atomic E-state index is 6.17. The largest absolute Gasteiger partial charge is 0.111 e. The van der Waals surface area contributed by atoms with E-state index in [0.717, 1.165) is 26.4 Å². The highest BCUT2D eigenvalue weighted by Gasteiger charge is 2.55. The Kier molecular flexibility index (Phi) is 2.83. The van der Waals surface area contributed by atoms with E-state index in [-0.39, 0.29) is 0 Å². The van der Waals surface area contributed by atoms with Crippen LogP contribution < -0.4 is 0 Å². The molecule has 82 valence electrons. The topological polar surface area (TPSA) is 0 Å². The monoisotopic (exact) mass is 324 g/mol. The summed E-state index contributed by atoms with van der Waals surface area (Å²) in [6.45, 7) is 0. The van der Waals surface area contributed by atoms with Crippen LogP contribution in [0.5, 0.6) is 0 Å². The molecule has 3 rings (SSSR count). The van der Waals surface area contributed by atoms with Gasteiger partial charge in [-0.2, -0.15) is 0 Å². The van der Waals surface area contributed by atoms with Crippen LogP contribution in [0.2, 0.25) is 8.67 Å². The summed E-state index contributed by atoms with van der Waals surface area (Å²) in [5.74, 6) is 2.70. The maximum atomic E-state index is 6.17. The normalized spacial score (nSPS) is 35.3. The van der Waals surface area contributed by atoms with Crippen LogP contribution in [0.15, 0.2) is 6.07 Å². The predicted molar refractivity (Wildman–Crippen MR) is 70.3 cm³/mol. The standard InChI is InChI=1S/C11H11BrCl2S/c12-10(7-4-8(13)15-11(7)14)9-5-2-1-3-6(5)9/h4-6,9-10H,1-3H2. The summed E-state index contributed by atoms with van der Waals surface area (Å²) < 4.78 is 1.65. The fourth-order valence-electron chi connectivity index (χ4n) is 3.06. The lowest BCUT2D eigenvalue weighted by Gasteiger charge is -2.10. The van der Waals surface area contributed by atoms with Gasteiger partial charge in [-0.25, -0.2) is 0 Å². The van der Waals surface area contributed by atoms with Gasteiger partial charge in [0, 0.05) is 4.83 Å². The zero-order chi connectivity index (χ0) is 10.6. The van der Waals surface area contributed by atoms with Gasteiger partial charge in [-0.05, 0) is 42.2 Å². The number of rotatable bonds is 2. The van der Waals surface area contributed by atoms with Crippen LogP contribution in [0.3, 0.4) is 0 Å². The number of hydrogen-bond acceptors (Lipinski definition) is 1. The Labute approximate surface area is 112 Å². The van der Waals surface area contributed by atoms with Crippen molar-refractivity contribution in [3.05, 3.63) is 20.3 Å². The lowest BCUT2D eigenvalue weighted by Crippen LogP contribution is -1.97. The van der Waals surface area contributed by atoms with Crippen molar-refractivity contribution in [2.75, 3.05) is 0 Å². The molecule has 0 N–H and O–H groups in total. The fraction of sp³-hybridized carbons (Fsp3) is 0.636. The second-order valence-corrected chi connectivity index (χ2v) is 7.79. The highest BCUT2D eigenvalue weighted by molar-refractivity contribution is 9.09. The highest BCUT2D eigenvalue weighted by Crippen LogP contribution is 2.65. The molecule has 0 nitrogen and oxygen atoms in total. The molecular formula is C11H11BrCl2S. The maximum Gasteiger partial charge on any atom is 0.0987 e. The van der Waals surface area contributed by atoms with E-state index < -0.39 is 0 Å². The van der Waals surface area contributed by atoms with Gasteiger partial charge in [0.15, 0.2) is 0 Å². The molecule has 2 fully saturated rings. The Hall–Kier alpha value is 0.760. The van der Waals surface area contributed by atoms with Crippen LogP contribution >= 0.6 is 50.5 Å². The van der Waals surface area contributed by atoms with Crippen molar-refractivity contribution in [2.45, 2.75) is 24.1 Å². The molecule has 2 aliphatic carbocycles. The summed E-state index contributed by atoms with van der Waals surface area (Å²) >= 11 is 17.4. The van der Waals surface area contributed by atoms with Crippen LogP contribution in [-0.2, 0) is 0 Å². The smallest absolute Gasteiger partial charge is 0.0987 e. The second kappa shape index (κ2) is 3.90. The summed E-state index contributed by atoms with van der Waals surface area (Å²) in [5.41, 5.74) is 1.20. The SMILES string of the molecule is Clc1cc(C(Br)C2C3CCCC32)c(Cl)s1. The highest BCUT2D eigenvalue weighted by atomic mass is 79.9. The Bertz CT molecular complexity index is 380. The molecule has 4 heteroatoms. The summed E-state index contributed by atoms with van der Waals surface area (Å²) in [5, 5.41) is 0. The lowest BCUT2D eigenvalue weighted by molar-refractivity contribution is 0.584. The van der Waals surface area contributed by atoms with Crippen molar-refractivity contribution in [3.63, 3.8) is 0 Å². The third kappa shape index (κ3) is 1.78. The molecule has 0 amide bonds. The van der Waals surface area contributed by atoms with E-state index in [0.29, 0.717) is 4.83 Å². The van der Waals surface area contributed by atoms with Gasteiger partial charge in [0.05, 0.1) is 8.67 Å². The fourth-order valence-corrected chi connectivity index (χ4v) is 6.04. The summed E-state index contributed by atoms with van der Waals surface area (Å²) in [6.07, 6.45) is 4.24. The van der Waals surface area contributed by atoms with Gasteiger partial charge in [-0.1, -0.05) is 45.6 Å². The zero-order valence-corrected chi connectivity index (χ0v) is 12.0. The Morgan fingerprint density at radius 3 is 2.53 bits per heavy atom. The van der Waals surface area contributed by atoms with Crippen LogP contribution in [0.25, 0.3) is 0 Å². The molecule has 1 aromatic heterocycles. The van der Waals surface area contributed by atoms with Crippen molar-refractivity contribution in [1.82, 2.24) is 0 Å². The number of alkyl halides is 1. The molecule has 1 heterocycles. The van der Waals surface area contributed by atoms with Gasteiger partial charge in [-0.3, -0.25) is 0 Å². The van der Waals surface area contributed by atoms with E-state index in [1.54, 1.807) is 0 Å². The minimum Gasteiger partial charge on any atom is -0.111 e. The van der Waals surface area contributed by atoms with E-state index in [1.165, 1.54) is 36.2 Å². The quantitative estimate of drug-likeness (QED) is 0.626. The first-order valence-electron chi connectivity index (χ1n) is 5.27. The molecule has 3 atom stereocenters. The van der Waals surface area contributed by atoms with Gasteiger partial charge in [-0.15, -0.1) is 11.3 Å². The molecule has 0 aromatic carbocycles. The van der Waals surface area contributed by atoms with Crippen molar-refractivity contribution < 1.29 is 0 Å². The molecule has 0 radical (unpaired) electrons. The molecule has 0 spiro atoms. The van der Waals surface area contributed by atoms with Crippen LogP contribution in [0, 0.1) is 17.8 Å². The van der Waals surface area contributed by atoms with E-state index in [1.807, 2.05) is 6.07 Å². The lowest BCUT2D eigenvalue weighted by atomic mass is 10.1. The van der Waals surface area contributed by atoms with E-state index in [4.69, 9.17) is 23.2 Å².